The summed E-state index contributed by atoms with van der Waals surface area (Å²) in [6, 6.07) is 0. The summed E-state index contributed by atoms with van der Waals surface area (Å²) in [5.41, 5.74) is -0.976. The van der Waals surface area contributed by atoms with Crippen molar-refractivity contribution < 1.29 is 19.7 Å². The Labute approximate surface area is 90.2 Å². The van der Waals surface area contributed by atoms with Gasteiger partial charge in [0.2, 0.25) is 0 Å². The summed E-state index contributed by atoms with van der Waals surface area (Å²) in [6.07, 6.45) is 2.50. The topological polar surface area (TPSA) is 66.8 Å². The third kappa shape index (κ3) is 2.92. The highest BCUT2D eigenvalue weighted by atomic mass is 16.5. The first kappa shape index (κ1) is 12.5. The second-order valence-corrected chi connectivity index (χ2v) is 5.07. The first-order valence-electron chi connectivity index (χ1n) is 5.40. The normalized spacial score (nSPS) is 29.3. The van der Waals surface area contributed by atoms with Gasteiger partial charge in [-0.25, -0.2) is 4.79 Å². The van der Waals surface area contributed by atoms with Crippen molar-refractivity contribution in [1.82, 2.24) is 0 Å². The zero-order chi connectivity index (χ0) is 11.5. The summed E-state index contributed by atoms with van der Waals surface area (Å²) in [5, 5.41) is 17.8. The van der Waals surface area contributed by atoms with Crippen LogP contribution in [0.15, 0.2) is 0 Å². The molecular weight excluding hydrogens is 196 g/mol. The SMILES string of the molecule is CC1(C)CCC(OCCCO)(C(=O)O)C1. The molecule has 1 unspecified atom stereocenters. The van der Waals surface area contributed by atoms with E-state index in [1.807, 2.05) is 0 Å². The quantitative estimate of drug-likeness (QED) is 0.682. The highest BCUT2D eigenvalue weighted by Crippen LogP contribution is 2.45. The fourth-order valence-corrected chi connectivity index (χ4v) is 2.19. The van der Waals surface area contributed by atoms with Crippen LogP contribution in [0.2, 0.25) is 0 Å². The molecule has 0 aromatic heterocycles. The average molecular weight is 216 g/mol. The zero-order valence-electron chi connectivity index (χ0n) is 9.45. The predicted octanol–water partition coefficient (Wildman–Crippen LogP) is 1.42. The second kappa shape index (κ2) is 4.49. The van der Waals surface area contributed by atoms with Gasteiger partial charge in [-0.2, -0.15) is 0 Å². The van der Waals surface area contributed by atoms with E-state index in [2.05, 4.69) is 13.8 Å². The Bertz CT molecular complexity index is 237. The minimum atomic E-state index is -1.02. The van der Waals surface area contributed by atoms with Crippen LogP contribution in [0.25, 0.3) is 0 Å². The molecule has 15 heavy (non-hydrogen) atoms. The molecule has 88 valence electrons. The molecule has 0 aromatic rings. The zero-order valence-corrected chi connectivity index (χ0v) is 9.45. The first-order valence-corrected chi connectivity index (χ1v) is 5.40. The molecule has 1 aliphatic carbocycles. The van der Waals surface area contributed by atoms with Gasteiger partial charge in [0, 0.05) is 6.61 Å². The number of hydrogen-bond acceptors (Lipinski definition) is 3. The third-order valence-electron chi connectivity index (χ3n) is 3.04. The summed E-state index contributed by atoms with van der Waals surface area (Å²) >= 11 is 0. The van der Waals surface area contributed by atoms with Gasteiger partial charge < -0.3 is 14.9 Å². The van der Waals surface area contributed by atoms with Crippen molar-refractivity contribution in [3.8, 4) is 0 Å². The lowest BCUT2D eigenvalue weighted by atomic mass is 9.89. The summed E-state index contributed by atoms with van der Waals surface area (Å²) in [5.74, 6) is -0.869. The number of carboxylic acids is 1. The van der Waals surface area contributed by atoms with E-state index in [-0.39, 0.29) is 12.0 Å². The van der Waals surface area contributed by atoms with E-state index in [9.17, 15) is 9.90 Å². The van der Waals surface area contributed by atoms with E-state index < -0.39 is 11.6 Å². The molecule has 0 heterocycles. The van der Waals surface area contributed by atoms with E-state index in [1.54, 1.807) is 0 Å². The monoisotopic (exact) mass is 216 g/mol. The Hall–Kier alpha value is -0.610. The summed E-state index contributed by atoms with van der Waals surface area (Å²) in [7, 11) is 0. The number of ether oxygens (including phenoxy) is 1. The van der Waals surface area contributed by atoms with E-state index in [1.165, 1.54) is 0 Å². The fraction of sp³-hybridized carbons (Fsp3) is 0.909. The number of aliphatic carboxylic acids is 1. The number of carbonyl (C=O) groups is 1. The summed E-state index contributed by atoms with van der Waals surface area (Å²) in [6.45, 7) is 4.48. The van der Waals surface area contributed by atoms with Crippen molar-refractivity contribution in [2.75, 3.05) is 13.2 Å². The first-order chi connectivity index (χ1) is 6.92. The molecule has 1 saturated carbocycles. The van der Waals surface area contributed by atoms with E-state index in [4.69, 9.17) is 9.84 Å². The van der Waals surface area contributed by atoms with Crippen molar-refractivity contribution in [2.24, 2.45) is 5.41 Å². The molecule has 0 radical (unpaired) electrons. The van der Waals surface area contributed by atoms with Gasteiger partial charge in [-0.15, -0.1) is 0 Å². The van der Waals surface area contributed by atoms with Crippen LogP contribution in [0, 0.1) is 5.41 Å². The lowest BCUT2D eigenvalue weighted by Crippen LogP contribution is -2.40. The van der Waals surface area contributed by atoms with Gasteiger partial charge >= 0.3 is 5.97 Å². The van der Waals surface area contributed by atoms with Crippen LogP contribution < -0.4 is 0 Å². The van der Waals surface area contributed by atoms with Crippen LogP contribution in [0.5, 0.6) is 0 Å². The van der Waals surface area contributed by atoms with Crippen molar-refractivity contribution >= 4 is 5.97 Å². The van der Waals surface area contributed by atoms with Gasteiger partial charge in [0.05, 0.1) is 6.61 Å². The van der Waals surface area contributed by atoms with Crippen LogP contribution in [-0.4, -0.2) is 35.0 Å². The van der Waals surface area contributed by atoms with Gasteiger partial charge in [-0.05, 0) is 31.1 Å². The molecule has 1 fully saturated rings. The summed E-state index contributed by atoms with van der Waals surface area (Å²) < 4.78 is 5.47. The smallest absolute Gasteiger partial charge is 0.335 e. The molecule has 0 aromatic carbocycles. The maximum Gasteiger partial charge on any atom is 0.335 e. The molecule has 0 saturated heterocycles. The largest absolute Gasteiger partial charge is 0.479 e. The molecular formula is C11H20O4. The van der Waals surface area contributed by atoms with Crippen molar-refractivity contribution in [2.45, 2.75) is 45.1 Å². The van der Waals surface area contributed by atoms with Crippen molar-refractivity contribution in [3.63, 3.8) is 0 Å². The van der Waals surface area contributed by atoms with E-state index in [0.29, 0.717) is 25.9 Å². The number of aliphatic hydroxyl groups is 1. The Morgan fingerprint density at radius 3 is 2.47 bits per heavy atom. The van der Waals surface area contributed by atoms with Crippen LogP contribution >= 0.6 is 0 Å². The van der Waals surface area contributed by atoms with Crippen LogP contribution in [-0.2, 0) is 9.53 Å². The minimum absolute atomic E-state index is 0.0393. The van der Waals surface area contributed by atoms with Gasteiger partial charge in [-0.3, -0.25) is 0 Å². The molecule has 1 aliphatic rings. The minimum Gasteiger partial charge on any atom is -0.479 e. The van der Waals surface area contributed by atoms with Crippen LogP contribution in [0.4, 0.5) is 0 Å². The van der Waals surface area contributed by atoms with Crippen LogP contribution in [0.3, 0.4) is 0 Å². The molecule has 2 N–H and O–H groups in total. The molecule has 4 nitrogen and oxygen atoms in total. The van der Waals surface area contributed by atoms with Crippen LogP contribution in [0.1, 0.15) is 39.5 Å². The predicted molar refractivity (Wildman–Crippen MR) is 55.7 cm³/mol. The number of hydrogen-bond donors (Lipinski definition) is 2. The lowest BCUT2D eigenvalue weighted by molar-refractivity contribution is -0.166. The fourth-order valence-electron chi connectivity index (χ4n) is 2.19. The maximum atomic E-state index is 11.2. The molecule has 0 spiro atoms. The molecule has 0 amide bonds. The maximum absolute atomic E-state index is 11.2. The molecule has 1 rings (SSSR count). The van der Waals surface area contributed by atoms with E-state index >= 15 is 0 Å². The van der Waals surface area contributed by atoms with Crippen molar-refractivity contribution in [3.05, 3.63) is 0 Å². The molecule has 1 atom stereocenters. The Balaban J connectivity index is 2.61. The Kier molecular flexibility index (Phi) is 3.73. The number of rotatable bonds is 5. The number of carboxylic acid groups (broad SMARTS) is 1. The van der Waals surface area contributed by atoms with Crippen molar-refractivity contribution in [1.29, 1.82) is 0 Å². The second-order valence-electron chi connectivity index (χ2n) is 5.07. The third-order valence-corrected chi connectivity index (χ3v) is 3.04. The lowest BCUT2D eigenvalue weighted by Gasteiger charge is -2.26. The molecule has 0 aliphatic heterocycles. The standard InChI is InChI=1S/C11H20O4/c1-10(2)4-5-11(8-10,9(13)14)15-7-3-6-12/h12H,3-8H2,1-2H3,(H,13,14). The highest BCUT2D eigenvalue weighted by molar-refractivity contribution is 5.78. The molecule has 4 heteroatoms. The highest BCUT2D eigenvalue weighted by Gasteiger charge is 2.49. The van der Waals surface area contributed by atoms with E-state index in [0.717, 1.165) is 6.42 Å². The van der Waals surface area contributed by atoms with Gasteiger partial charge in [0.25, 0.3) is 0 Å². The molecule has 0 bridgehead atoms. The summed E-state index contributed by atoms with van der Waals surface area (Å²) in [4.78, 5) is 11.2. The van der Waals surface area contributed by atoms with Gasteiger partial charge in [-0.1, -0.05) is 13.8 Å². The van der Waals surface area contributed by atoms with Gasteiger partial charge in [0.15, 0.2) is 5.60 Å². The number of aliphatic hydroxyl groups excluding tert-OH is 1. The Morgan fingerprint density at radius 1 is 1.40 bits per heavy atom. The Morgan fingerprint density at radius 2 is 2.07 bits per heavy atom. The van der Waals surface area contributed by atoms with Gasteiger partial charge in [0.1, 0.15) is 0 Å². The average Bonchev–Trinajstić information content (AvgIpc) is 2.44.